The van der Waals surface area contributed by atoms with E-state index < -0.39 is 6.10 Å². The molecule has 0 heterocycles. The molecule has 3 heteroatoms. The van der Waals surface area contributed by atoms with Crippen LogP contribution in [0.25, 0.3) is 0 Å². The number of hydrogen-bond donors (Lipinski definition) is 1. The van der Waals surface area contributed by atoms with Gasteiger partial charge in [0.1, 0.15) is 11.5 Å². The third-order valence-electron chi connectivity index (χ3n) is 4.36. The van der Waals surface area contributed by atoms with Crippen LogP contribution in [0.3, 0.4) is 0 Å². The second-order valence-corrected chi connectivity index (χ2v) is 5.58. The Hall–Kier alpha value is -1.35. The Morgan fingerprint density at radius 1 is 1.26 bits per heavy atom. The SMILES string of the molecule is COc1ccc([C@@H](C)C2C[C@H]([C@@H](C)O)CC2=O)cc1. The molecule has 0 saturated heterocycles. The molecular weight excluding hydrogens is 240 g/mol. The minimum atomic E-state index is -0.392. The maximum atomic E-state index is 12.1. The van der Waals surface area contributed by atoms with Crippen LogP contribution in [0.15, 0.2) is 24.3 Å². The highest BCUT2D eigenvalue weighted by Gasteiger charge is 2.38. The quantitative estimate of drug-likeness (QED) is 0.907. The second kappa shape index (κ2) is 5.74. The molecule has 0 aliphatic heterocycles. The lowest BCUT2D eigenvalue weighted by Gasteiger charge is -2.19. The van der Waals surface area contributed by atoms with E-state index in [1.165, 1.54) is 0 Å². The van der Waals surface area contributed by atoms with Crippen LogP contribution in [0.4, 0.5) is 0 Å². The van der Waals surface area contributed by atoms with E-state index in [0.29, 0.717) is 6.42 Å². The van der Waals surface area contributed by atoms with Gasteiger partial charge >= 0.3 is 0 Å². The summed E-state index contributed by atoms with van der Waals surface area (Å²) in [5.41, 5.74) is 1.16. The smallest absolute Gasteiger partial charge is 0.136 e. The van der Waals surface area contributed by atoms with Crippen molar-refractivity contribution in [2.24, 2.45) is 11.8 Å². The number of benzene rings is 1. The van der Waals surface area contributed by atoms with Crippen molar-refractivity contribution in [1.29, 1.82) is 0 Å². The number of Topliss-reactive ketones (excluding diaryl/α,β-unsaturated/α-hetero) is 1. The van der Waals surface area contributed by atoms with Crippen LogP contribution < -0.4 is 4.74 Å². The van der Waals surface area contributed by atoms with Gasteiger partial charge in [-0.1, -0.05) is 19.1 Å². The third kappa shape index (κ3) is 2.98. The van der Waals surface area contributed by atoms with Gasteiger partial charge in [0.25, 0.3) is 0 Å². The summed E-state index contributed by atoms with van der Waals surface area (Å²) in [6.45, 7) is 3.87. The van der Waals surface area contributed by atoms with Crippen LogP contribution in [0.1, 0.15) is 38.2 Å². The molecule has 104 valence electrons. The van der Waals surface area contributed by atoms with Gasteiger partial charge in [0, 0.05) is 12.3 Å². The molecule has 1 aromatic rings. The summed E-state index contributed by atoms with van der Waals surface area (Å²) in [4.78, 5) is 12.1. The number of methoxy groups -OCH3 is 1. The molecule has 0 aromatic heterocycles. The van der Waals surface area contributed by atoms with Crippen molar-refractivity contribution in [2.75, 3.05) is 7.11 Å². The highest BCUT2D eigenvalue weighted by atomic mass is 16.5. The standard InChI is InChI=1S/C16H22O3/c1-10(12-4-6-14(19-3)7-5-12)15-8-13(11(2)17)9-16(15)18/h4-7,10-11,13,15,17H,8-9H2,1-3H3/t10-,11-,13+,15?/m1/s1. The summed E-state index contributed by atoms with van der Waals surface area (Å²) >= 11 is 0. The van der Waals surface area contributed by atoms with E-state index in [2.05, 4.69) is 6.92 Å². The number of rotatable bonds is 4. The molecule has 0 radical (unpaired) electrons. The van der Waals surface area contributed by atoms with E-state index in [9.17, 15) is 9.90 Å². The Balaban J connectivity index is 2.10. The molecule has 1 aliphatic rings. The van der Waals surface area contributed by atoms with E-state index in [1.54, 1.807) is 14.0 Å². The highest BCUT2D eigenvalue weighted by Crippen LogP contribution is 2.39. The zero-order valence-corrected chi connectivity index (χ0v) is 11.8. The second-order valence-electron chi connectivity index (χ2n) is 5.58. The molecule has 1 aliphatic carbocycles. The predicted molar refractivity (Wildman–Crippen MR) is 74.3 cm³/mol. The Morgan fingerprint density at radius 3 is 2.37 bits per heavy atom. The maximum absolute atomic E-state index is 12.1. The number of aliphatic hydroxyl groups excluding tert-OH is 1. The van der Waals surface area contributed by atoms with Gasteiger partial charge in [0.15, 0.2) is 0 Å². The van der Waals surface area contributed by atoms with E-state index in [1.807, 2.05) is 24.3 Å². The van der Waals surface area contributed by atoms with Crippen molar-refractivity contribution in [1.82, 2.24) is 0 Å². The van der Waals surface area contributed by atoms with Crippen molar-refractivity contribution in [3.05, 3.63) is 29.8 Å². The Labute approximate surface area is 114 Å². The average Bonchev–Trinajstić information content (AvgIpc) is 2.80. The zero-order chi connectivity index (χ0) is 14.0. The summed E-state index contributed by atoms with van der Waals surface area (Å²) in [6.07, 6.45) is 0.920. The minimum Gasteiger partial charge on any atom is -0.497 e. The molecule has 1 aromatic carbocycles. The Morgan fingerprint density at radius 2 is 1.89 bits per heavy atom. The largest absolute Gasteiger partial charge is 0.497 e. The molecule has 19 heavy (non-hydrogen) atoms. The summed E-state index contributed by atoms with van der Waals surface area (Å²) in [6, 6.07) is 7.90. The van der Waals surface area contributed by atoms with E-state index in [4.69, 9.17) is 4.74 Å². The molecule has 3 nitrogen and oxygen atoms in total. The van der Waals surface area contributed by atoms with E-state index in [-0.39, 0.29) is 23.5 Å². The fourth-order valence-electron chi connectivity index (χ4n) is 2.94. The van der Waals surface area contributed by atoms with Gasteiger partial charge in [-0.3, -0.25) is 4.79 Å². The Bertz CT molecular complexity index is 436. The van der Waals surface area contributed by atoms with Gasteiger partial charge < -0.3 is 9.84 Å². The first-order chi connectivity index (χ1) is 9.02. The number of carbonyl (C=O) groups excluding carboxylic acids is 1. The summed E-state index contributed by atoms with van der Waals surface area (Å²) in [5.74, 6) is 1.47. The first-order valence-electron chi connectivity index (χ1n) is 6.87. The number of carbonyl (C=O) groups is 1. The van der Waals surface area contributed by atoms with Crippen molar-refractivity contribution in [3.63, 3.8) is 0 Å². The van der Waals surface area contributed by atoms with Crippen LogP contribution in [0.5, 0.6) is 5.75 Å². The molecular formula is C16H22O3. The molecule has 1 N–H and O–H groups in total. The fourth-order valence-corrected chi connectivity index (χ4v) is 2.94. The number of aliphatic hydroxyl groups is 1. The van der Waals surface area contributed by atoms with Crippen LogP contribution >= 0.6 is 0 Å². The molecule has 1 saturated carbocycles. The minimum absolute atomic E-state index is 0.0352. The lowest BCUT2D eigenvalue weighted by molar-refractivity contribution is -0.121. The van der Waals surface area contributed by atoms with E-state index in [0.717, 1.165) is 17.7 Å². The predicted octanol–water partition coefficient (Wildman–Crippen LogP) is 2.77. The van der Waals surface area contributed by atoms with Crippen molar-refractivity contribution in [2.45, 2.75) is 38.7 Å². The van der Waals surface area contributed by atoms with Crippen molar-refractivity contribution in [3.8, 4) is 5.75 Å². The monoisotopic (exact) mass is 262 g/mol. The molecule has 1 fully saturated rings. The first-order valence-corrected chi connectivity index (χ1v) is 6.87. The lowest BCUT2D eigenvalue weighted by atomic mass is 9.85. The van der Waals surface area contributed by atoms with Gasteiger partial charge in [0.05, 0.1) is 13.2 Å². The van der Waals surface area contributed by atoms with Crippen LogP contribution in [0.2, 0.25) is 0 Å². The normalized spacial score (nSPS) is 26.2. The Kier molecular flexibility index (Phi) is 4.25. The van der Waals surface area contributed by atoms with Crippen molar-refractivity contribution < 1.29 is 14.6 Å². The number of ether oxygens (including phenoxy) is 1. The molecule has 4 atom stereocenters. The molecule has 0 amide bonds. The fraction of sp³-hybridized carbons (Fsp3) is 0.562. The third-order valence-corrected chi connectivity index (χ3v) is 4.36. The van der Waals surface area contributed by atoms with Crippen LogP contribution in [-0.4, -0.2) is 24.1 Å². The summed E-state index contributed by atoms with van der Waals surface area (Å²) in [5, 5.41) is 9.64. The van der Waals surface area contributed by atoms with Crippen LogP contribution in [0, 0.1) is 11.8 Å². The molecule has 0 bridgehead atoms. The van der Waals surface area contributed by atoms with E-state index >= 15 is 0 Å². The average molecular weight is 262 g/mol. The molecule has 2 rings (SSSR count). The zero-order valence-electron chi connectivity index (χ0n) is 11.8. The first kappa shape index (κ1) is 14.1. The highest BCUT2D eigenvalue weighted by molar-refractivity contribution is 5.84. The van der Waals surface area contributed by atoms with Gasteiger partial charge in [-0.25, -0.2) is 0 Å². The number of hydrogen-bond acceptors (Lipinski definition) is 3. The van der Waals surface area contributed by atoms with Gasteiger partial charge in [-0.05, 0) is 42.9 Å². The van der Waals surface area contributed by atoms with Gasteiger partial charge in [0.2, 0.25) is 0 Å². The van der Waals surface area contributed by atoms with Gasteiger partial charge in [-0.15, -0.1) is 0 Å². The summed E-state index contributed by atoms with van der Waals surface area (Å²) < 4.78 is 5.14. The summed E-state index contributed by atoms with van der Waals surface area (Å²) in [7, 11) is 1.65. The maximum Gasteiger partial charge on any atom is 0.136 e. The number of ketones is 1. The molecule has 0 spiro atoms. The lowest BCUT2D eigenvalue weighted by Crippen LogP contribution is -2.15. The molecule has 1 unspecified atom stereocenters. The van der Waals surface area contributed by atoms with Crippen LogP contribution in [-0.2, 0) is 4.79 Å². The topological polar surface area (TPSA) is 46.5 Å². The van der Waals surface area contributed by atoms with Gasteiger partial charge in [-0.2, -0.15) is 0 Å². The van der Waals surface area contributed by atoms with Crippen molar-refractivity contribution >= 4 is 5.78 Å².